The molecule has 0 spiro atoms. The molecule has 0 radical (unpaired) electrons. The molecule has 2 aromatic carbocycles. The number of nitrogens with one attached hydrogen (secondary N) is 3. The van der Waals surface area contributed by atoms with Gasteiger partial charge in [0, 0.05) is 97.6 Å². The summed E-state index contributed by atoms with van der Waals surface area (Å²) < 4.78 is 85.5. The zero-order chi connectivity index (χ0) is 54.0. The zero-order valence-corrected chi connectivity index (χ0v) is 46.3. The van der Waals surface area contributed by atoms with Crippen LogP contribution in [0.5, 0.6) is 0 Å². The standard InChI is InChI=1S/C52H68N6O12S4/c1-8-28-69-43-33-48(70-42(43)9-2)58-34-35(49(61)55-50(58)62)16-15-25-53-47(60)24-29-71-72-30-26-54-46(59)19-12-11-13-27-57-41-23-21-37(74(66,67)68)32-39(41)52(6,7)45(57)18-14-17-44-51(4,5)38-31-36(73(63,64)65)20-22-40(38)56(44)10-3/h14,17-18,20-23,31-32,34,42-43,48H,8-13,19,24-30,33H2,1-7H3,(H4-,53,54,55,59,60,61,62,63,64,65,66,67,68). The van der Waals surface area contributed by atoms with E-state index in [0.29, 0.717) is 62.6 Å². The van der Waals surface area contributed by atoms with Crippen LogP contribution < -0.4 is 26.8 Å². The molecule has 3 aliphatic rings. The van der Waals surface area contributed by atoms with Crippen molar-refractivity contribution in [3.63, 3.8) is 0 Å². The third-order valence-corrected chi connectivity index (χ3v) is 17.5. The monoisotopic (exact) mass is 1100 g/mol. The van der Waals surface area contributed by atoms with Gasteiger partial charge in [0.1, 0.15) is 28.5 Å². The molecule has 4 N–H and O–H groups in total. The van der Waals surface area contributed by atoms with Gasteiger partial charge in [0.2, 0.25) is 17.5 Å². The fourth-order valence-corrected chi connectivity index (χ4v) is 12.5. The molecule has 74 heavy (non-hydrogen) atoms. The number of amides is 2. The predicted molar refractivity (Wildman–Crippen MR) is 288 cm³/mol. The highest BCUT2D eigenvalue weighted by atomic mass is 33.1. The molecule has 18 nitrogen and oxygen atoms in total. The molecule has 0 aliphatic carbocycles. The Morgan fingerprint density at radius 2 is 1.68 bits per heavy atom. The van der Waals surface area contributed by atoms with Gasteiger partial charge in [-0.25, -0.2) is 13.2 Å². The number of hydrogen-bond acceptors (Lipinski definition) is 14. The number of aromatic amines is 1. The summed E-state index contributed by atoms with van der Waals surface area (Å²) >= 11 is 0. The SMILES string of the molecule is CCCOC1CC(n2cc(C#CCNC(=O)CCSSCCNC(=O)CCCCC[N+]3=C(/C=C/C=C4/N(CC)c5ccc(S(=O)(=O)O)cc5C4(C)C)C(C)(C)c4cc(S(=O)(=O)[O-])ccc43)c(=O)[nH]c2=O)OC1CC. The quantitative estimate of drug-likeness (QED) is 0.0248. The topological polar surface area (TPSA) is 249 Å². The molecule has 402 valence electrons. The lowest BCUT2D eigenvalue weighted by atomic mass is 9.81. The van der Waals surface area contributed by atoms with Gasteiger partial charge in [-0.2, -0.15) is 13.0 Å². The van der Waals surface area contributed by atoms with Crippen LogP contribution in [0.15, 0.2) is 85.9 Å². The summed E-state index contributed by atoms with van der Waals surface area (Å²) in [4.78, 5) is 54.2. The average molecular weight is 1100 g/mol. The van der Waals surface area contributed by atoms with Crippen molar-refractivity contribution in [3.05, 3.63) is 104 Å². The fraction of sp³-hybridized carbons (Fsp3) is 0.519. The Bertz CT molecular complexity index is 3080. The Morgan fingerprint density at radius 1 is 0.959 bits per heavy atom. The first-order chi connectivity index (χ1) is 35.0. The summed E-state index contributed by atoms with van der Waals surface area (Å²) in [5.41, 5.74) is 2.49. The van der Waals surface area contributed by atoms with Crippen LogP contribution in [0.1, 0.15) is 123 Å². The first kappa shape index (κ1) is 58.3. The number of rotatable bonds is 24. The van der Waals surface area contributed by atoms with Crippen LogP contribution in [0.25, 0.3) is 0 Å². The van der Waals surface area contributed by atoms with Gasteiger partial charge >= 0.3 is 5.69 Å². The maximum Gasteiger partial charge on any atom is 0.330 e. The second kappa shape index (κ2) is 25.2. The Hall–Kier alpha value is -4.99. The number of hydrogen-bond donors (Lipinski definition) is 4. The lowest BCUT2D eigenvalue weighted by Crippen LogP contribution is -2.33. The highest BCUT2D eigenvalue weighted by Crippen LogP contribution is 2.48. The van der Waals surface area contributed by atoms with Crippen molar-refractivity contribution in [2.45, 2.75) is 139 Å². The van der Waals surface area contributed by atoms with E-state index in [1.807, 2.05) is 66.7 Å². The molecule has 22 heteroatoms. The Kier molecular flexibility index (Phi) is 19.9. The molecule has 4 heterocycles. The molecule has 6 rings (SSSR count). The molecular formula is C52H68N6O12S4. The molecule has 1 saturated heterocycles. The van der Waals surface area contributed by atoms with Gasteiger partial charge < -0.3 is 29.6 Å². The van der Waals surface area contributed by atoms with Crippen molar-refractivity contribution in [3.8, 4) is 11.8 Å². The van der Waals surface area contributed by atoms with Gasteiger partial charge in [0.05, 0.1) is 34.0 Å². The number of nitrogens with zero attached hydrogens (tertiary/aromatic N) is 3. The van der Waals surface area contributed by atoms with Crippen molar-refractivity contribution in [1.82, 2.24) is 20.2 Å². The van der Waals surface area contributed by atoms with E-state index in [-0.39, 0.29) is 52.3 Å². The highest BCUT2D eigenvalue weighted by Gasteiger charge is 2.45. The minimum absolute atomic E-state index is 0.0208. The number of benzene rings is 2. The number of carbonyl (C=O) groups is 2. The van der Waals surface area contributed by atoms with Gasteiger partial charge in [-0.1, -0.05) is 67.2 Å². The molecular weight excluding hydrogens is 1030 g/mol. The number of carbonyl (C=O) groups excluding carboxylic acids is 2. The smallest absolute Gasteiger partial charge is 0.330 e. The number of H-pyrrole nitrogens is 1. The van der Waals surface area contributed by atoms with Crippen LogP contribution in [0, 0.1) is 11.8 Å². The summed E-state index contributed by atoms with van der Waals surface area (Å²) in [7, 11) is -6.05. The largest absolute Gasteiger partial charge is 0.744 e. The summed E-state index contributed by atoms with van der Waals surface area (Å²) in [6.07, 6.45) is 11.1. The van der Waals surface area contributed by atoms with Crippen molar-refractivity contribution in [2.24, 2.45) is 0 Å². The fourth-order valence-electron chi connectivity index (χ4n) is 9.58. The number of anilines is 1. The van der Waals surface area contributed by atoms with Gasteiger partial charge in [0.15, 0.2) is 5.71 Å². The van der Waals surface area contributed by atoms with Gasteiger partial charge in [-0.3, -0.25) is 28.5 Å². The first-order valence-electron chi connectivity index (χ1n) is 25.0. The molecule has 1 aromatic heterocycles. The van der Waals surface area contributed by atoms with Crippen LogP contribution in [-0.4, -0.2) is 114 Å². The summed E-state index contributed by atoms with van der Waals surface area (Å²) in [6.45, 7) is 16.2. The second-order valence-electron chi connectivity index (χ2n) is 19.3. The number of ether oxygens (including phenoxy) is 2. The third kappa shape index (κ3) is 14.1. The predicted octanol–water partition coefficient (Wildman–Crippen LogP) is 6.43. The van der Waals surface area contributed by atoms with E-state index in [4.69, 9.17) is 9.47 Å². The maximum atomic E-state index is 12.7. The third-order valence-electron chi connectivity index (χ3n) is 13.4. The van der Waals surface area contributed by atoms with E-state index in [1.54, 1.807) is 22.9 Å². The van der Waals surface area contributed by atoms with E-state index in [0.717, 1.165) is 54.0 Å². The number of aromatic nitrogens is 2. The van der Waals surface area contributed by atoms with Crippen LogP contribution in [0.4, 0.5) is 11.4 Å². The van der Waals surface area contributed by atoms with E-state index in [2.05, 4.69) is 36.9 Å². The normalized spacial score (nSPS) is 19.4. The summed E-state index contributed by atoms with van der Waals surface area (Å²) in [6, 6.07) is 9.07. The second-order valence-corrected chi connectivity index (χ2v) is 24.8. The number of fused-ring (bicyclic) bond motifs is 2. The van der Waals surface area contributed by atoms with E-state index in [1.165, 1.54) is 45.8 Å². The minimum Gasteiger partial charge on any atom is -0.744 e. The Balaban J connectivity index is 0.938. The molecule has 2 amide bonds. The van der Waals surface area contributed by atoms with Crippen molar-refractivity contribution < 1.29 is 49.6 Å². The minimum atomic E-state index is -4.71. The average Bonchev–Trinajstić information content (AvgIpc) is 3.92. The molecule has 3 atom stereocenters. The molecule has 3 unspecified atom stereocenters. The van der Waals surface area contributed by atoms with Gasteiger partial charge in [-0.15, -0.1) is 0 Å². The van der Waals surface area contributed by atoms with Crippen LogP contribution >= 0.6 is 21.6 Å². The van der Waals surface area contributed by atoms with Crippen molar-refractivity contribution in [1.29, 1.82) is 0 Å². The van der Waals surface area contributed by atoms with E-state index >= 15 is 0 Å². The maximum absolute atomic E-state index is 12.7. The summed E-state index contributed by atoms with van der Waals surface area (Å²) in [5.74, 6) is 6.47. The Morgan fingerprint density at radius 3 is 2.38 bits per heavy atom. The number of allylic oxidation sites excluding steroid dienone is 4. The van der Waals surface area contributed by atoms with Crippen molar-refractivity contribution >= 4 is 70.7 Å². The zero-order valence-electron chi connectivity index (χ0n) is 43.0. The van der Waals surface area contributed by atoms with E-state index in [9.17, 15) is 45.1 Å². The molecule has 0 saturated carbocycles. The highest BCUT2D eigenvalue weighted by molar-refractivity contribution is 8.76. The van der Waals surface area contributed by atoms with Gasteiger partial charge in [0.25, 0.3) is 15.7 Å². The summed E-state index contributed by atoms with van der Waals surface area (Å²) in [5, 5.41) is 5.68. The lowest BCUT2D eigenvalue weighted by Gasteiger charge is -2.25. The van der Waals surface area contributed by atoms with E-state index < -0.39 is 48.5 Å². The van der Waals surface area contributed by atoms with Crippen LogP contribution in [0.3, 0.4) is 0 Å². The Labute approximate surface area is 442 Å². The molecule has 3 aromatic rings. The van der Waals surface area contributed by atoms with Crippen LogP contribution in [-0.2, 0) is 50.1 Å². The number of likely N-dealkylation sites (N-methyl/N-ethyl adjacent to an activating group) is 1. The molecule has 1 fully saturated rings. The van der Waals surface area contributed by atoms with Crippen molar-refractivity contribution in [2.75, 3.05) is 49.2 Å². The first-order valence-corrected chi connectivity index (χ1v) is 30.3. The molecule has 0 bridgehead atoms. The van der Waals surface area contributed by atoms with Gasteiger partial charge in [-0.05, 0) is 88.4 Å². The lowest BCUT2D eigenvalue weighted by molar-refractivity contribution is -0.438. The number of unbranched alkanes of at least 4 members (excludes halogenated alkanes) is 2. The molecule has 3 aliphatic heterocycles. The van der Waals surface area contributed by atoms with Crippen LogP contribution in [0.2, 0.25) is 0 Å².